The second kappa shape index (κ2) is 7.56. The van der Waals surface area contributed by atoms with Crippen LogP contribution in [-0.2, 0) is 16.4 Å². The van der Waals surface area contributed by atoms with Crippen molar-refractivity contribution in [1.82, 2.24) is 4.72 Å². The predicted molar refractivity (Wildman–Crippen MR) is 82.0 cm³/mol. The molecule has 0 spiro atoms. The van der Waals surface area contributed by atoms with Crippen molar-refractivity contribution < 1.29 is 18.3 Å². The van der Waals surface area contributed by atoms with Crippen molar-refractivity contribution in [2.45, 2.75) is 44.9 Å². The minimum Gasteiger partial charge on any atom is -0.478 e. The Morgan fingerprint density at radius 1 is 1.24 bits per heavy atom. The molecule has 6 heteroatoms. The molecule has 0 amide bonds. The fourth-order valence-electron chi connectivity index (χ4n) is 2.11. The molecule has 5 nitrogen and oxygen atoms in total. The zero-order chi connectivity index (χ0) is 16.0. The molecule has 0 saturated heterocycles. The molecule has 0 aromatic heterocycles. The molecule has 0 atom stereocenters. The third-order valence-electron chi connectivity index (χ3n) is 3.70. The number of hydrogen-bond acceptors (Lipinski definition) is 3. The molecular weight excluding hydrogens is 290 g/mol. The lowest BCUT2D eigenvalue weighted by Crippen LogP contribution is -2.30. The molecule has 0 bridgehead atoms. The fourth-order valence-corrected chi connectivity index (χ4v) is 3.56. The highest BCUT2D eigenvalue weighted by Gasteiger charge is 2.20. The van der Waals surface area contributed by atoms with Gasteiger partial charge in [-0.05, 0) is 30.0 Å². The van der Waals surface area contributed by atoms with Gasteiger partial charge in [0.15, 0.2) is 0 Å². The van der Waals surface area contributed by atoms with E-state index in [9.17, 15) is 13.2 Å². The van der Waals surface area contributed by atoms with Gasteiger partial charge in [-0.15, -0.1) is 0 Å². The van der Waals surface area contributed by atoms with Crippen LogP contribution in [0.5, 0.6) is 0 Å². The average molecular weight is 313 g/mol. The number of sulfonamides is 1. The Kier molecular flexibility index (Phi) is 6.36. The quantitative estimate of drug-likeness (QED) is 0.773. The number of carboxylic acid groups (broad SMARTS) is 1. The van der Waals surface area contributed by atoms with Gasteiger partial charge in [0.1, 0.15) is 0 Å². The number of rotatable bonds is 8. The van der Waals surface area contributed by atoms with Crippen molar-refractivity contribution in [3.63, 3.8) is 0 Å². The maximum absolute atomic E-state index is 12.4. The maximum atomic E-state index is 12.4. The molecule has 0 aliphatic rings. The lowest BCUT2D eigenvalue weighted by Gasteiger charge is -2.15. The molecule has 0 unspecified atom stereocenters. The van der Waals surface area contributed by atoms with Crippen LogP contribution in [0.4, 0.5) is 0 Å². The third kappa shape index (κ3) is 4.54. The first-order valence-corrected chi connectivity index (χ1v) is 8.69. The summed E-state index contributed by atoms with van der Waals surface area (Å²) in [5.74, 6) is -0.846. The molecule has 1 rings (SSSR count). The second-order valence-corrected chi connectivity index (χ2v) is 6.75. The van der Waals surface area contributed by atoms with Crippen LogP contribution in [0.15, 0.2) is 23.1 Å². The molecule has 0 aliphatic carbocycles. The van der Waals surface area contributed by atoms with Gasteiger partial charge in [-0.1, -0.05) is 39.7 Å². The van der Waals surface area contributed by atoms with Gasteiger partial charge >= 0.3 is 5.97 Å². The first-order valence-electron chi connectivity index (χ1n) is 7.21. The summed E-state index contributed by atoms with van der Waals surface area (Å²) in [6.07, 6.45) is 2.32. The average Bonchev–Trinajstić information content (AvgIpc) is 2.47. The number of nitrogens with one attached hydrogen (secondary N) is 1. The Morgan fingerprint density at radius 2 is 1.86 bits per heavy atom. The van der Waals surface area contributed by atoms with Crippen molar-refractivity contribution in [2.75, 3.05) is 6.54 Å². The normalized spacial score (nSPS) is 11.8. The number of aromatic carboxylic acids is 1. The molecule has 0 fully saturated rings. The molecule has 118 valence electrons. The lowest BCUT2D eigenvalue weighted by molar-refractivity contribution is 0.0696. The Balaban J connectivity index is 3.11. The summed E-state index contributed by atoms with van der Waals surface area (Å²) >= 11 is 0. The van der Waals surface area contributed by atoms with Crippen molar-refractivity contribution in [3.05, 3.63) is 29.3 Å². The summed E-state index contributed by atoms with van der Waals surface area (Å²) in [5, 5.41) is 9.02. The summed E-state index contributed by atoms with van der Waals surface area (Å²) in [4.78, 5) is 11.1. The van der Waals surface area contributed by atoms with Gasteiger partial charge < -0.3 is 5.11 Å². The summed E-state index contributed by atoms with van der Waals surface area (Å²) in [6.45, 7) is 6.25. The highest BCUT2D eigenvalue weighted by Crippen LogP contribution is 2.19. The number of carbonyl (C=O) groups is 1. The van der Waals surface area contributed by atoms with E-state index >= 15 is 0 Å². The van der Waals surface area contributed by atoms with Crippen molar-refractivity contribution >= 4 is 16.0 Å². The van der Waals surface area contributed by atoms with Crippen LogP contribution in [0, 0.1) is 5.92 Å². The van der Waals surface area contributed by atoms with Crippen LogP contribution < -0.4 is 4.72 Å². The Labute approximate surface area is 126 Å². The van der Waals surface area contributed by atoms with E-state index in [1.807, 2.05) is 20.8 Å². The van der Waals surface area contributed by atoms with Gasteiger partial charge in [-0.25, -0.2) is 17.9 Å². The summed E-state index contributed by atoms with van der Waals surface area (Å²) in [5.41, 5.74) is 0.604. The van der Waals surface area contributed by atoms with Crippen LogP contribution in [0.3, 0.4) is 0 Å². The molecule has 1 aromatic carbocycles. The molecular formula is C15H23NO4S. The maximum Gasteiger partial charge on any atom is 0.335 e. The zero-order valence-corrected chi connectivity index (χ0v) is 13.5. The van der Waals surface area contributed by atoms with Gasteiger partial charge in [-0.3, -0.25) is 0 Å². The first-order chi connectivity index (χ1) is 9.85. The number of hydrogen-bond donors (Lipinski definition) is 2. The van der Waals surface area contributed by atoms with Crippen molar-refractivity contribution in [3.8, 4) is 0 Å². The van der Waals surface area contributed by atoms with E-state index in [1.54, 1.807) is 6.07 Å². The van der Waals surface area contributed by atoms with Crippen molar-refractivity contribution in [1.29, 1.82) is 0 Å². The molecule has 2 N–H and O–H groups in total. The van der Waals surface area contributed by atoms with Crippen LogP contribution in [0.2, 0.25) is 0 Å². The minimum atomic E-state index is -3.69. The van der Waals surface area contributed by atoms with E-state index in [0.717, 1.165) is 12.8 Å². The van der Waals surface area contributed by atoms with E-state index in [-0.39, 0.29) is 16.4 Å². The highest BCUT2D eigenvalue weighted by molar-refractivity contribution is 7.89. The minimum absolute atomic E-state index is 0.0184. The molecule has 0 radical (unpaired) electrons. The van der Waals surface area contributed by atoms with Gasteiger partial charge in [0.2, 0.25) is 10.0 Å². The molecule has 0 heterocycles. The molecule has 0 saturated carbocycles. The van der Waals surface area contributed by atoms with E-state index in [2.05, 4.69) is 4.72 Å². The van der Waals surface area contributed by atoms with Crippen LogP contribution in [0.25, 0.3) is 0 Å². The SMILES string of the molecule is CCc1ccc(C(=O)O)cc1S(=O)(=O)NCC(CC)CC. The highest BCUT2D eigenvalue weighted by atomic mass is 32.2. The monoisotopic (exact) mass is 313 g/mol. The Morgan fingerprint density at radius 3 is 2.33 bits per heavy atom. The second-order valence-electron chi connectivity index (χ2n) is 5.02. The van der Waals surface area contributed by atoms with Gasteiger partial charge in [0, 0.05) is 6.54 Å². The van der Waals surface area contributed by atoms with E-state index in [1.165, 1.54) is 12.1 Å². The smallest absolute Gasteiger partial charge is 0.335 e. The van der Waals surface area contributed by atoms with E-state index in [4.69, 9.17) is 5.11 Å². The van der Waals surface area contributed by atoms with Crippen LogP contribution in [-0.4, -0.2) is 26.0 Å². The molecule has 0 aliphatic heterocycles. The number of aryl methyl sites for hydroxylation is 1. The third-order valence-corrected chi connectivity index (χ3v) is 5.21. The topological polar surface area (TPSA) is 83.5 Å². The standard InChI is InChI=1S/C15H23NO4S/c1-4-11(5-2)10-16-21(19,20)14-9-13(15(17)18)8-7-12(14)6-3/h7-9,11,16H,4-6,10H2,1-3H3,(H,17,18). The van der Waals surface area contributed by atoms with Gasteiger partial charge in [-0.2, -0.15) is 0 Å². The predicted octanol–water partition coefficient (Wildman–Crippen LogP) is 2.66. The summed E-state index contributed by atoms with van der Waals surface area (Å²) in [7, 11) is -3.69. The van der Waals surface area contributed by atoms with E-state index < -0.39 is 16.0 Å². The van der Waals surface area contributed by atoms with E-state index in [0.29, 0.717) is 18.5 Å². The van der Waals surface area contributed by atoms with Gasteiger partial charge in [0.25, 0.3) is 0 Å². The lowest BCUT2D eigenvalue weighted by atomic mass is 10.0. The van der Waals surface area contributed by atoms with Crippen molar-refractivity contribution in [2.24, 2.45) is 5.92 Å². The van der Waals surface area contributed by atoms with Crippen LogP contribution in [0.1, 0.15) is 49.5 Å². The molecule has 1 aromatic rings. The summed E-state index contributed by atoms with van der Waals surface area (Å²) in [6, 6.07) is 4.23. The van der Waals surface area contributed by atoms with Crippen LogP contribution >= 0.6 is 0 Å². The fraction of sp³-hybridized carbons (Fsp3) is 0.533. The Hall–Kier alpha value is -1.40. The number of benzene rings is 1. The van der Waals surface area contributed by atoms with Gasteiger partial charge in [0.05, 0.1) is 10.5 Å². The number of carboxylic acids is 1. The Bertz CT molecular complexity index is 592. The largest absolute Gasteiger partial charge is 0.478 e. The molecule has 21 heavy (non-hydrogen) atoms. The zero-order valence-electron chi connectivity index (χ0n) is 12.7. The summed E-state index contributed by atoms with van der Waals surface area (Å²) < 4.78 is 27.4. The first kappa shape index (κ1) is 17.7.